The van der Waals surface area contributed by atoms with Gasteiger partial charge in [-0.2, -0.15) is 0 Å². The molecule has 2 heterocycles. The van der Waals surface area contributed by atoms with Crippen molar-refractivity contribution in [1.82, 2.24) is 20.2 Å². The van der Waals surface area contributed by atoms with Gasteiger partial charge in [0.1, 0.15) is 6.61 Å². The van der Waals surface area contributed by atoms with E-state index in [0.29, 0.717) is 19.7 Å². The molecule has 2 atom stereocenters. The second kappa shape index (κ2) is 8.59. The molecule has 1 aromatic heterocycles. The maximum atomic E-state index is 12.7. The maximum Gasteiger partial charge on any atom is 0.251 e. The van der Waals surface area contributed by atoms with Gasteiger partial charge in [-0.3, -0.25) is 9.59 Å². The Balaban J connectivity index is 1.66. The first-order chi connectivity index (χ1) is 12.7. The van der Waals surface area contributed by atoms with E-state index in [1.165, 1.54) is 0 Å². The summed E-state index contributed by atoms with van der Waals surface area (Å²) in [6.45, 7) is 1.40. The van der Waals surface area contributed by atoms with E-state index in [4.69, 9.17) is 9.47 Å². The highest BCUT2D eigenvalue weighted by Gasteiger charge is 2.35. The van der Waals surface area contributed by atoms with Crippen LogP contribution in [0.15, 0.2) is 42.9 Å². The largest absolute Gasteiger partial charge is 0.383 e. The Morgan fingerprint density at radius 3 is 3.00 bits per heavy atom. The molecule has 1 fully saturated rings. The Morgan fingerprint density at radius 1 is 1.42 bits per heavy atom. The molecule has 8 heteroatoms. The molecule has 1 aliphatic heterocycles. The van der Waals surface area contributed by atoms with Crippen LogP contribution in [0, 0.1) is 0 Å². The summed E-state index contributed by atoms with van der Waals surface area (Å²) < 4.78 is 12.5. The van der Waals surface area contributed by atoms with Crippen LogP contribution in [0.25, 0.3) is 0 Å². The number of amides is 2. The monoisotopic (exact) mass is 358 g/mol. The van der Waals surface area contributed by atoms with Crippen molar-refractivity contribution in [2.45, 2.75) is 25.2 Å². The third kappa shape index (κ3) is 4.27. The number of carbonyl (C=O) groups is 2. The summed E-state index contributed by atoms with van der Waals surface area (Å²) >= 11 is 0. The molecular weight excluding hydrogens is 336 g/mol. The van der Waals surface area contributed by atoms with Gasteiger partial charge in [-0.25, -0.2) is 4.98 Å². The number of nitrogens with zero attached hydrogens (tertiary/aromatic N) is 2. The van der Waals surface area contributed by atoms with Crippen LogP contribution < -0.4 is 10.6 Å². The van der Waals surface area contributed by atoms with Crippen LogP contribution in [-0.4, -0.2) is 47.8 Å². The van der Waals surface area contributed by atoms with Crippen LogP contribution in [0.1, 0.15) is 17.3 Å². The van der Waals surface area contributed by atoms with E-state index < -0.39 is 12.1 Å². The van der Waals surface area contributed by atoms with Gasteiger partial charge in [0, 0.05) is 19.9 Å². The van der Waals surface area contributed by atoms with Crippen molar-refractivity contribution in [3.8, 4) is 0 Å². The fourth-order valence-corrected chi connectivity index (χ4v) is 2.86. The molecule has 2 aromatic rings. The molecule has 0 spiro atoms. The van der Waals surface area contributed by atoms with Crippen LogP contribution in [0.3, 0.4) is 0 Å². The number of methoxy groups -OCH3 is 1. The predicted molar refractivity (Wildman–Crippen MR) is 93.0 cm³/mol. The molecule has 1 saturated heterocycles. The van der Waals surface area contributed by atoms with Gasteiger partial charge in [-0.15, -0.1) is 0 Å². The van der Waals surface area contributed by atoms with Crippen molar-refractivity contribution in [2.24, 2.45) is 0 Å². The molecule has 1 aromatic carbocycles. The quantitative estimate of drug-likeness (QED) is 0.747. The molecule has 2 N–H and O–H groups in total. The molecule has 26 heavy (non-hydrogen) atoms. The van der Waals surface area contributed by atoms with E-state index in [2.05, 4.69) is 15.6 Å². The van der Waals surface area contributed by atoms with Crippen LogP contribution in [0.4, 0.5) is 0 Å². The second-order valence-electron chi connectivity index (χ2n) is 5.98. The van der Waals surface area contributed by atoms with E-state index >= 15 is 0 Å². The Labute approximate surface area is 151 Å². The minimum Gasteiger partial charge on any atom is -0.383 e. The zero-order valence-electron chi connectivity index (χ0n) is 14.6. The molecule has 0 radical (unpaired) electrons. The Bertz CT molecular complexity index is 747. The SMILES string of the molecule is COCCn1cncc1CNC(=O)[C@H]1OCC(=O)N[C@@H]1c1ccccc1. The number of carbonyl (C=O) groups excluding carboxylic acids is 2. The lowest BCUT2D eigenvalue weighted by Gasteiger charge is -2.31. The van der Waals surface area contributed by atoms with Crippen molar-refractivity contribution >= 4 is 11.8 Å². The first kappa shape index (κ1) is 18.1. The summed E-state index contributed by atoms with van der Waals surface area (Å²) in [5.74, 6) is -0.515. The zero-order chi connectivity index (χ0) is 18.4. The first-order valence-corrected chi connectivity index (χ1v) is 8.40. The number of nitrogens with one attached hydrogen (secondary N) is 2. The maximum absolute atomic E-state index is 12.7. The molecule has 0 bridgehead atoms. The van der Waals surface area contributed by atoms with E-state index in [9.17, 15) is 9.59 Å². The lowest BCUT2D eigenvalue weighted by Crippen LogP contribution is -2.52. The third-order valence-corrected chi connectivity index (χ3v) is 4.21. The summed E-state index contributed by atoms with van der Waals surface area (Å²) in [5, 5.41) is 5.71. The molecule has 3 rings (SSSR count). The van der Waals surface area contributed by atoms with E-state index in [1.54, 1.807) is 19.6 Å². The Hall–Kier alpha value is -2.71. The highest BCUT2D eigenvalue weighted by atomic mass is 16.5. The molecule has 138 valence electrons. The summed E-state index contributed by atoms with van der Waals surface area (Å²) in [7, 11) is 1.64. The van der Waals surface area contributed by atoms with E-state index in [0.717, 1.165) is 11.3 Å². The van der Waals surface area contributed by atoms with Crippen molar-refractivity contribution in [3.05, 3.63) is 54.1 Å². The Kier molecular flexibility index (Phi) is 5.98. The fourth-order valence-electron chi connectivity index (χ4n) is 2.86. The molecular formula is C18H22N4O4. The molecule has 0 unspecified atom stereocenters. The number of benzene rings is 1. The third-order valence-electron chi connectivity index (χ3n) is 4.21. The second-order valence-corrected chi connectivity index (χ2v) is 5.98. The average Bonchev–Trinajstić information content (AvgIpc) is 3.12. The minimum absolute atomic E-state index is 0.132. The smallest absolute Gasteiger partial charge is 0.251 e. The number of aromatic nitrogens is 2. The summed E-state index contributed by atoms with van der Waals surface area (Å²) in [4.78, 5) is 28.5. The summed E-state index contributed by atoms with van der Waals surface area (Å²) in [6, 6.07) is 8.81. The van der Waals surface area contributed by atoms with Crippen LogP contribution in [0.5, 0.6) is 0 Å². The minimum atomic E-state index is -0.787. The lowest BCUT2D eigenvalue weighted by atomic mass is 9.99. The molecule has 0 aliphatic carbocycles. The van der Waals surface area contributed by atoms with Gasteiger partial charge in [0.25, 0.3) is 5.91 Å². The average molecular weight is 358 g/mol. The Morgan fingerprint density at radius 2 is 2.23 bits per heavy atom. The number of hydrogen-bond acceptors (Lipinski definition) is 5. The number of ether oxygens (including phenoxy) is 2. The molecule has 1 aliphatic rings. The van der Waals surface area contributed by atoms with Crippen molar-refractivity contribution < 1.29 is 19.1 Å². The highest BCUT2D eigenvalue weighted by Crippen LogP contribution is 2.22. The lowest BCUT2D eigenvalue weighted by molar-refractivity contribution is -0.148. The standard InChI is InChI=1S/C18H22N4O4/c1-25-8-7-22-12-19-9-14(22)10-20-18(24)17-16(21-15(23)11-26-17)13-5-3-2-4-6-13/h2-6,9,12,16-17H,7-8,10-11H2,1H3,(H,20,24)(H,21,23)/t16-,17+/m1/s1. The molecule has 2 amide bonds. The summed E-state index contributed by atoms with van der Waals surface area (Å²) in [6.07, 6.45) is 2.61. The van der Waals surface area contributed by atoms with Crippen molar-refractivity contribution in [3.63, 3.8) is 0 Å². The highest BCUT2D eigenvalue weighted by molar-refractivity contribution is 5.86. The summed E-state index contributed by atoms with van der Waals surface area (Å²) in [5.41, 5.74) is 1.69. The fraction of sp³-hybridized carbons (Fsp3) is 0.389. The molecule has 0 saturated carbocycles. The predicted octanol–water partition coefficient (Wildman–Crippen LogP) is 0.402. The van der Waals surface area contributed by atoms with Gasteiger partial charge in [0.05, 0.1) is 31.2 Å². The zero-order valence-corrected chi connectivity index (χ0v) is 14.6. The van der Waals surface area contributed by atoms with Gasteiger partial charge in [0.2, 0.25) is 5.91 Å². The van der Waals surface area contributed by atoms with Crippen LogP contribution in [-0.2, 0) is 32.2 Å². The van der Waals surface area contributed by atoms with Crippen molar-refractivity contribution in [1.29, 1.82) is 0 Å². The number of rotatable bonds is 7. The van der Waals surface area contributed by atoms with Gasteiger partial charge < -0.3 is 24.7 Å². The topological polar surface area (TPSA) is 94.5 Å². The van der Waals surface area contributed by atoms with Crippen LogP contribution in [0.2, 0.25) is 0 Å². The van der Waals surface area contributed by atoms with E-state index in [-0.39, 0.29) is 18.4 Å². The van der Waals surface area contributed by atoms with E-state index in [1.807, 2.05) is 34.9 Å². The van der Waals surface area contributed by atoms with Gasteiger partial charge in [-0.1, -0.05) is 30.3 Å². The number of morpholine rings is 1. The van der Waals surface area contributed by atoms with Gasteiger partial charge in [0.15, 0.2) is 6.10 Å². The number of imidazole rings is 1. The normalized spacial score (nSPS) is 19.8. The van der Waals surface area contributed by atoms with Crippen molar-refractivity contribution in [2.75, 3.05) is 20.3 Å². The first-order valence-electron chi connectivity index (χ1n) is 8.40. The van der Waals surface area contributed by atoms with Crippen LogP contribution >= 0.6 is 0 Å². The number of hydrogen-bond donors (Lipinski definition) is 2. The van der Waals surface area contributed by atoms with Gasteiger partial charge in [-0.05, 0) is 5.56 Å². The van der Waals surface area contributed by atoms with Gasteiger partial charge >= 0.3 is 0 Å². The molecule has 8 nitrogen and oxygen atoms in total.